The molecule has 1 fully saturated rings. The fourth-order valence-corrected chi connectivity index (χ4v) is 4.11. The highest BCUT2D eigenvalue weighted by Crippen LogP contribution is 2.28. The highest BCUT2D eigenvalue weighted by molar-refractivity contribution is 7.11. The molecule has 5 heteroatoms. The fourth-order valence-electron chi connectivity index (χ4n) is 2.75. The summed E-state index contributed by atoms with van der Waals surface area (Å²) in [5.74, 6) is 1.19. The Bertz CT molecular complexity index is 438. The van der Waals surface area contributed by atoms with Gasteiger partial charge in [-0.05, 0) is 25.2 Å². The first kappa shape index (κ1) is 12.4. The van der Waals surface area contributed by atoms with Crippen LogP contribution in [0.15, 0.2) is 0 Å². The van der Waals surface area contributed by atoms with Crippen molar-refractivity contribution in [2.75, 3.05) is 19.0 Å². The molecule has 0 aromatic carbocycles. The van der Waals surface area contributed by atoms with Gasteiger partial charge in [0.05, 0.1) is 10.7 Å². The molecule has 3 rings (SSSR count). The van der Waals surface area contributed by atoms with Gasteiger partial charge in [0.15, 0.2) is 0 Å². The van der Waals surface area contributed by atoms with Crippen LogP contribution < -0.4 is 0 Å². The van der Waals surface area contributed by atoms with Gasteiger partial charge in [-0.2, -0.15) is 0 Å². The van der Waals surface area contributed by atoms with Crippen LogP contribution in [0, 0.1) is 5.92 Å². The van der Waals surface area contributed by atoms with Crippen molar-refractivity contribution in [1.82, 2.24) is 9.88 Å². The smallest absolute Gasteiger partial charge is 0.222 e. The molecular formula is C13H17ClN2OS. The quantitative estimate of drug-likeness (QED) is 0.795. The van der Waals surface area contributed by atoms with Crippen molar-refractivity contribution in [2.45, 2.75) is 32.1 Å². The maximum absolute atomic E-state index is 11.8. The largest absolute Gasteiger partial charge is 0.342 e. The third-order valence-electron chi connectivity index (χ3n) is 3.75. The minimum atomic E-state index is 0.254. The summed E-state index contributed by atoms with van der Waals surface area (Å²) in [5, 5.41) is 1.20. The number of amides is 1. The first-order valence-corrected chi connectivity index (χ1v) is 7.92. The number of fused-ring (bicyclic) bond motifs is 1. The van der Waals surface area contributed by atoms with Crippen LogP contribution in [0.1, 0.15) is 28.4 Å². The van der Waals surface area contributed by atoms with Gasteiger partial charge in [0.1, 0.15) is 0 Å². The summed E-state index contributed by atoms with van der Waals surface area (Å²) in [5.41, 5.74) is 1.31. The van der Waals surface area contributed by atoms with E-state index in [1.165, 1.54) is 28.4 Å². The molecule has 1 unspecified atom stereocenters. The molecule has 18 heavy (non-hydrogen) atoms. The van der Waals surface area contributed by atoms with E-state index < -0.39 is 0 Å². The molecule has 1 saturated heterocycles. The van der Waals surface area contributed by atoms with Crippen molar-refractivity contribution in [3.8, 4) is 0 Å². The van der Waals surface area contributed by atoms with Crippen LogP contribution in [0.3, 0.4) is 0 Å². The normalized spacial score (nSPS) is 22.8. The zero-order chi connectivity index (χ0) is 12.5. The van der Waals surface area contributed by atoms with E-state index in [0.717, 1.165) is 25.9 Å². The van der Waals surface area contributed by atoms with Gasteiger partial charge in [-0.15, -0.1) is 22.9 Å². The highest BCUT2D eigenvalue weighted by Gasteiger charge is 2.28. The Labute approximate surface area is 116 Å². The summed E-state index contributed by atoms with van der Waals surface area (Å²) >= 11 is 7.65. The lowest BCUT2D eigenvalue weighted by molar-refractivity contribution is -0.127. The van der Waals surface area contributed by atoms with E-state index in [1.807, 2.05) is 16.2 Å². The lowest BCUT2D eigenvalue weighted by Gasteiger charge is -2.15. The number of rotatable bonds is 4. The Morgan fingerprint density at radius 1 is 1.44 bits per heavy atom. The second kappa shape index (κ2) is 5.17. The summed E-state index contributed by atoms with van der Waals surface area (Å²) in [6, 6.07) is 0. The van der Waals surface area contributed by atoms with Gasteiger partial charge < -0.3 is 4.90 Å². The van der Waals surface area contributed by atoms with Gasteiger partial charge >= 0.3 is 0 Å². The van der Waals surface area contributed by atoms with E-state index in [1.54, 1.807) is 0 Å². The number of alkyl halides is 1. The maximum Gasteiger partial charge on any atom is 0.222 e. The van der Waals surface area contributed by atoms with Crippen LogP contribution in [0.2, 0.25) is 0 Å². The van der Waals surface area contributed by atoms with Gasteiger partial charge in [0.25, 0.3) is 0 Å². The average Bonchev–Trinajstić information content (AvgIpc) is 3.00. The number of aryl methyl sites for hydroxylation is 2. The summed E-state index contributed by atoms with van der Waals surface area (Å²) in [7, 11) is 0. The summed E-state index contributed by atoms with van der Waals surface area (Å²) in [6.45, 7) is 1.63. The minimum Gasteiger partial charge on any atom is -0.342 e. The number of halogens is 1. The van der Waals surface area contributed by atoms with Crippen molar-refractivity contribution < 1.29 is 4.79 Å². The SMILES string of the molecule is O=C1CC(CCl)CN1CCc1nc2c(s1)CCC2. The molecule has 0 N–H and O–H groups in total. The molecule has 3 nitrogen and oxygen atoms in total. The third-order valence-corrected chi connectivity index (χ3v) is 5.40. The van der Waals surface area contributed by atoms with Gasteiger partial charge in [-0.25, -0.2) is 4.98 Å². The lowest BCUT2D eigenvalue weighted by atomic mass is 10.1. The molecule has 1 aromatic heterocycles. The number of carbonyl (C=O) groups is 1. The second-order valence-electron chi connectivity index (χ2n) is 5.15. The number of carbonyl (C=O) groups excluding carboxylic acids is 1. The van der Waals surface area contributed by atoms with Crippen LogP contribution in [0.25, 0.3) is 0 Å². The van der Waals surface area contributed by atoms with Crippen LogP contribution in [0.4, 0.5) is 0 Å². The van der Waals surface area contributed by atoms with Crippen LogP contribution >= 0.6 is 22.9 Å². The molecule has 98 valence electrons. The van der Waals surface area contributed by atoms with Crippen molar-refractivity contribution in [3.05, 3.63) is 15.6 Å². The first-order valence-electron chi connectivity index (χ1n) is 6.57. The number of thiazole rings is 1. The van der Waals surface area contributed by atoms with Crippen molar-refractivity contribution in [3.63, 3.8) is 0 Å². The Morgan fingerprint density at radius 2 is 2.33 bits per heavy atom. The van der Waals surface area contributed by atoms with Crippen LogP contribution in [-0.4, -0.2) is 34.8 Å². The Kier molecular flexibility index (Phi) is 3.57. The molecule has 1 atom stereocenters. The van der Waals surface area contributed by atoms with E-state index in [4.69, 9.17) is 11.6 Å². The second-order valence-corrected chi connectivity index (χ2v) is 6.62. The van der Waals surface area contributed by atoms with E-state index in [-0.39, 0.29) is 5.91 Å². The summed E-state index contributed by atoms with van der Waals surface area (Å²) in [4.78, 5) is 19.8. The molecule has 1 amide bonds. The monoisotopic (exact) mass is 284 g/mol. The predicted molar refractivity (Wildman–Crippen MR) is 73.3 cm³/mol. The van der Waals surface area contributed by atoms with E-state index in [2.05, 4.69) is 4.98 Å². The number of likely N-dealkylation sites (tertiary alicyclic amines) is 1. The molecule has 0 saturated carbocycles. The zero-order valence-electron chi connectivity index (χ0n) is 10.3. The number of nitrogens with zero attached hydrogens (tertiary/aromatic N) is 2. The Balaban J connectivity index is 1.56. The van der Waals surface area contributed by atoms with E-state index >= 15 is 0 Å². The first-order chi connectivity index (χ1) is 8.76. The topological polar surface area (TPSA) is 33.2 Å². The summed E-state index contributed by atoms with van der Waals surface area (Å²) in [6.07, 6.45) is 5.12. The minimum absolute atomic E-state index is 0.254. The average molecular weight is 285 g/mol. The molecule has 1 aromatic rings. The zero-order valence-corrected chi connectivity index (χ0v) is 11.9. The van der Waals surface area contributed by atoms with Crippen LogP contribution in [-0.2, 0) is 24.1 Å². The Hall–Kier alpha value is -0.610. The Morgan fingerprint density at radius 3 is 3.06 bits per heavy atom. The number of hydrogen-bond donors (Lipinski definition) is 0. The summed E-state index contributed by atoms with van der Waals surface area (Å²) < 4.78 is 0. The standard InChI is InChI=1S/C13H17ClN2OS/c14-7-9-6-13(17)16(8-9)5-4-12-15-10-2-1-3-11(10)18-12/h9H,1-8H2. The molecule has 0 radical (unpaired) electrons. The van der Waals surface area contributed by atoms with E-state index in [0.29, 0.717) is 18.2 Å². The number of hydrogen-bond acceptors (Lipinski definition) is 3. The van der Waals surface area contributed by atoms with Crippen molar-refractivity contribution in [1.29, 1.82) is 0 Å². The van der Waals surface area contributed by atoms with Gasteiger partial charge in [0.2, 0.25) is 5.91 Å². The third kappa shape index (κ3) is 2.41. The van der Waals surface area contributed by atoms with Crippen LogP contribution in [0.5, 0.6) is 0 Å². The molecular weight excluding hydrogens is 268 g/mol. The highest BCUT2D eigenvalue weighted by atomic mass is 35.5. The molecule has 1 aliphatic heterocycles. The van der Waals surface area contributed by atoms with Crippen molar-refractivity contribution >= 4 is 28.8 Å². The van der Waals surface area contributed by atoms with Gasteiger partial charge in [-0.1, -0.05) is 0 Å². The fraction of sp³-hybridized carbons (Fsp3) is 0.692. The van der Waals surface area contributed by atoms with E-state index in [9.17, 15) is 4.79 Å². The molecule has 0 spiro atoms. The molecule has 0 bridgehead atoms. The van der Waals surface area contributed by atoms with Gasteiger partial charge in [0, 0.05) is 36.7 Å². The van der Waals surface area contributed by atoms with Crippen molar-refractivity contribution in [2.24, 2.45) is 5.92 Å². The molecule has 2 heterocycles. The molecule has 1 aliphatic carbocycles. The maximum atomic E-state index is 11.8. The van der Waals surface area contributed by atoms with Gasteiger partial charge in [-0.3, -0.25) is 4.79 Å². The number of aromatic nitrogens is 1. The molecule has 2 aliphatic rings. The lowest BCUT2D eigenvalue weighted by Crippen LogP contribution is -2.27. The predicted octanol–water partition coefficient (Wildman–Crippen LogP) is 2.26.